The van der Waals surface area contributed by atoms with Crippen molar-refractivity contribution in [3.05, 3.63) is 53.8 Å². The predicted octanol–water partition coefficient (Wildman–Crippen LogP) is 1.92. The minimum absolute atomic E-state index is 0.0483. The Labute approximate surface area is 235 Å². The van der Waals surface area contributed by atoms with E-state index in [1.807, 2.05) is 0 Å². The Morgan fingerprint density at radius 3 is 2.24 bits per heavy atom. The van der Waals surface area contributed by atoms with Gasteiger partial charge in [0.05, 0.1) is 11.9 Å². The highest BCUT2D eigenvalue weighted by Gasteiger charge is 2.92. The van der Waals surface area contributed by atoms with E-state index in [2.05, 4.69) is 14.4 Å². The van der Waals surface area contributed by atoms with Gasteiger partial charge in [-0.1, -0.05) is 12.1 Å². The number of halogens is 1. The number of nitrogens with one attached hydrogen (secondary N) is 2. The van der Waals surface area contributed by atoms with Crippen LogP contribution in [-0.4, -0.2) is 51.6 Å². The second-order valence-electron chi connectivity index (χ2n) is 12.7. The lowest BCUT2D eigenvalue weighted by Gasteiger charge is -2.55. The third-order valence-corrected chi connectivity index (χ3v) is 12.8. The molecule has 2 heterocycles. The van der Waals surface area contributed by atoms with Gasteiger partial charge in [0.25, 0.3) is 10.0 Å². The fraction of sp³-hybridized carbons (Fsp3) is 0.464. The quantitative estimate of drug-likeness (QED) is 0.503. The first-order valence-corrected chi connectivity index (χ1v) is 17.1. The van der Waals surface area contributed by atoms with E-state index in [0.29, 0.717) is 35.5 Å². The number of hydrogen-bond donors (Lipinski definition) is 2. The van der Waals surface area contributed by atoms with Crippen LogP contribution in [0.5, 0.6) is 0 Å². The maximum Gasteiger partial charge on any atom is 0.286 e. The second kappa shape index (κ2) is 7.35. The molecule has 1 amide bonds. The molecular formula is C28H25FN4O6S2. The van der Waals surface area contributed by atoms with E-state index in [1.54, 1.807) is 17.0 Å². The molecule has 6 aliphatic carbocycles. The Morgan fingerprint density at radius 1 is 0.951 bits per heavy atom. The van der Waals surface area contributed by atoms with Gasteiger partial charge in [0.1, 0.15) is 16.5 Å². The fourth-order valence-electron chi connectivity index (χ4n) is 9.95. The summed E-state index contributed by atoms with van der Waals surface area (Å²) in [6, 6.07) is 9.67. The summed E-state index contributed by atoms with van der Waals surface area (Å²) in [6.07, 6.45) is 0.952. The Morgan fingerprint density at radius 2 is 1.59 bits per heavy atom. The van der Waals surface area contributed by atoms with Gasteiger partial charge in [-0.05, 0) is 83.2 Å². The number of benzene rings is 2. The maximum absolute atomic E-state index is 14.3. The molecule has 1 saturated heterocycles. The van der Waals surface area contributed by atoms with Crippen molar-refractivity contribution in [3.8, 4) is 0 Å². The molecule has 9 atom stereocenters. The van der Waals surface area contributed by atoms with Gasteiger partial charge in [0, 0.05) is 24.2 Å². The number of rotatable bonds is 5. The van der Waals surface area contributed by atoms with Crippen LogP contribution < -0.4 is 10.0 Å². The minimum atomic E-state index is -4.36. The van der Waals surface area contributed by atoms with Gasteiger partial charge in [-0.2, -0.15) is 8.42 Å². The van der Waals surface area contributed by atoms with Gasteiger partial charge in [-0.25, -0.2) is 12.8 Å². The normalized spacial score (nSPS) is 41.3. The van der Waals surface area contributed by atoms with Gasteiger partial charge in [-0.3, -0.25) is 14.3 Å². The molecule has 10 rings (SSSR count). The molecule has 0 radical (unpaired) electrons. The minimum Gasteiger partial charge on any atom is -0.341 e. The number of nitrogens with zero attached hydrogens (tertiary/aromatic N) is 2. The number of piperidine rings is 1. The van der Waals surface area contributed by atoms with E-state index in [-0.39, 0.29) is 64.0 Å². The summed E-state index contributed by atoms with van der Waals surface area (Å²) in [4.78, 5) is 30.0. The molecular weight excluding hydrogens is 571 g/mol. The number of amidine groups is 1. The summed E-state index contributed by atoms with van der Waals surface area (Å²) in [5.74, 6) is 0.868. The Balaban J connectivity index is 1.11. The molecule has 212 valence electrons. The molecule has 10 nitrogen and oxygen atoms in total. The standard InChI is InChI=1S/C28H25FN4O6S2/c1-40(36,37)31-12-6-7-13-14(8-12)41(38,39)32-27(30-13)24-26(34)23-21-17-15-16-18(21)20(16)22(19(15)17)25(23)33(28(24)35)9-10-2-4-11(29)5-3-10/h2-8,15-25,31H,9H2,1H3,(H,30,32)/t15?,16?,17?,18?,19?,20?,21?,22?,23-,24?,25+/m1/s1. The van der Waals surface area contributed by atoms with E-state index in [4.69, 9.17) is 0 Å². The predicted molar refractivity (Wildman–Crippen MR) is 144 cm³/mol. The van der Waals surface area contributed by atoms with Crippen molar-refractivity contribution in [2.24, 2.45) is 63.6 Å². The van der Waals surface area contributed by atoms with E-state index >= 15 is 0 Å². The summed E-state index contributed by atoms with van der Waals surface area (Å²) in [6.45, 7) is 0.203. The van der Waals surface area contributed by atoms with Crippen molar-refractivity contribution in [1.82, 2.24) is 4.90 Å². The molecule has 8 aliphatic rings. The number of Topliss-reactive ketones (excluding diaryl/α,β-unsaturated/α-hetero) is 1. The number of amides is 1. The second-order valence-corrected chi connectivity index (χ2v) is 16.0. The number of carbonyl (C=O) groups is 2. The van der Waals surface area contributed by atoms with E-state index in [9.17, 15) is 30.8 Å². The number of ketones is 1. The highest BCUT2D eigenvalue weighted by Crippen LogP contribution is 2.93. The summed E-state index contributed by atoms with van der Waals surface area (Å²) < 4.78 is 69.8. The van der Waals surface area contributed by atoms with E-state index in [1.165, 1.54) is 24.3 Å². The van der Waals surface area contributed by atoms with Crippen LogP contribution in [0.2, 0.25) is 0 Å². The lowest BCUT2D eigenvalue weighted by Crippen LogP contribution is -2.67. The molecule has 0 spiro atoms. The average Bonchev–Trinajstić information content (AvgIpc) is 3.75. The maximum atomic E-state index is 14.3. The first-order chi connectivity index (χ1) is 19.4. The van der Waals surface area contributed by atoms with Crippen LogP contribution >= 0.6 is 0 Å². The van der Waals surface area contributed by atoms with Gasteiger partial charge >= 0.3 is 0 Å². The largest absolute Gasteiger partial charge is 0.341 e. The first kappa shape index (κ1) is 24.3. The van der Waals surface area contributed by atoms with Crippen molar-refractivity contribution in [3.63, 3.8) is 0 Å². The molecule has 41 heavy (non-hydrogen) atoms. The van der Waals surface area contributed by atoms with Crippen LogP contribution in [0, 0.1) is 65.0 Å². The van der Waals surface area contributed by atoms with Gasteiger partial charge in [0.15, 0.2) is 11.7 Å². The van der Waals surface area contributed by atoms with Crippen LogP contribution in [0.3, 0.4) is 0 Å². The zero-order valence-corrected chi connectivity index (χ0v) is 23.3. The molecule has 2 N–H and O–H groups in total. The van der Waals surface area contributed by atoms with Crippen molar-refractivity contribution < 1.29 is 30.8 Å². The Bertz CT molecular complexity index is 1840. The summed E-state index contributed by atoms with van der Waals surface area (Å²) >= 11 is 0. The third-order valence-electron chi connectivity index (χ3n) is 10.9. The number of fused-ring (bicyclic) bond motifs is 1. The third kappa shape index (κ3) is 3.08. The Kier molecular flexibility index (Phi) is 4.36. The summed E-state index contributed by atoms with van der Waals surface area (Å²) in [5, 5.41) is 2.93. The highest BCUT2D eigenvalue weighted by molar-refractivity contribution is 7.92. The monoisotopic (exact) mass is 596 g/mol. The van der Waals surface area contributed by atoms with Crippen LogP contribution in [0.15, 0.2) is 51.8 Å². The molecule has 2 aliphatic heterocycles. The van der Waals surface area contributed by atoms with Gasteiger partial charge in [-0.15, -0.1) is 4.40 Å². The lowest BCUT2D eigenvalue weighted by atomic mass is 9.57. The van der Waals surface area contributed by atoms with Gasteiger partial charge < -0.3 is 10.2 Å². The number of carbonyl (C=O) groups excluding carboxylic acids is 2. The number of likely N-dealkylation sites (tertiary alicyclic amines) is 1. The van der Waals surface area contributed by atoms with Crippen LogP contribution in [0.1, 0.15) is 5.56 Å². The summed E-state index contributed by atoms with van der Waals surface area (Å²) in [5.41, 5.74) is 0.899. The zero-order valence-electron chi connectivity index (χ0n) is 21.6. The van der Waals surface area contributed by atoms with Crippen LogP contribution in [-0.2, 0) is 36.2 Å². The molecule has 7 unspecified atom stereocenters. The van der Waals surface area contributed by atoms with E-state index in [0.717, 1.165) is 17.9 Å². The first-order valence-electron chi connectivity index (χ1n) is 13.8. The van der Waals surface area contributed by atoms with E-state index < -0.39 is 31.9 Å². The summed E-state index contributed by atoms with van der Waals surface area (Å²) in [7, 11) is -8.01. The molecule has 2 aromatic carbocycles. The molecule has 2 bridgehead atoms. The lowest BCUT2D eigenvalue weighted by molar-refractivity contribution is -0.163. The van der Waals surface area contributed by atoms with Crippen molar-refractivity contribution in [1.29, 1.82) is 0 Å². The number of hydrogen-bond acceptors (Lipinski definition) is 7. The average molecular weight is 597 g/mol. The fourth-order valence-corrected chi connectivity index (χ4v) is 11.7. The topological polar surface area (TPSA) is 142 Å². The smallest absolute Gasteiger partial charge is 0.286 e. The Hall–Kier alpha value is -3.32. The molecule has 2 aromatic rings. The van der Waals surface area contributed by atoms with Crippen LogP contribution in [0.4, 0.5) is 15.8 Å². The number of anilines is 2. The number of sulfonamides is 2. The van der Waals surface area contributed by atoms with Crippen molar-refractivity contribution in [2.45, 2.75) is 17.5 Å². The molecule has 6 saturated carbocycles. The van der Waals surface area contributed by atoms with Crippen molar-refractivity contribution in [2.75, 3.05) is 16.3 Å². The highest BCUT2D eigenvalue weighted by atomic mass is 32.2. The molecule has 0 aromatic heterocycles. The van der Waals surface area contributed by atoms with Gasteiger partial charge in [0.2, 0.25) is 15.9 Å². The van der Waals surface area contributed by atoms with Crippen LogP contribution in [0.25, 0.3) is 0 Å². The molecule has 7 fully saturated rings. The van der Waals surface area contributed by atoms with Crippen molar-refractivity contribution >= 4 is 48.9 Å². The SMILES string of the molecule is CS(=O)(=O)Nc1ccc2c(c1)S(=O)(=O)N=C(C1C(=O)[C@@H]3C4C5C6C7C4C7C(C65)[C@@H]3N(Cc3ccc(F)cc3)C1=O)N2. The molecule has 13 heteroatoms. The zero-order chi connectivity index (χ0) is 28.3.